The van der Waals surface area contributed by atoms with Crippen LogP contribution in [0.2, 0.25) is 0 Å². The van der Waals surface area contributed by atoms with Crippen LogP contribution in [0.15, 0.2) is 30.9 Å². The van der Waals surface area contributed by atoms with Crippen molar-refractivity contribution in [2.24, 2.45) is 11.1 Å². The lowest BCUT2D eigenvalue weighted by Crippen LogP contribution is -2.51. The highest BCUT2D eigenvalue weighted by Gasteiger charge is 2.41. The molecule has 3 rings (SSSR count). The SMILES string of the molecule is Cc1ccc(-n2cncn2)c(CNC(=O)C2C[C@@H](F)CN2C(=O)[C@H](N)CC(C)(C)C)c1. The van der Waals surface area contributed by atoms with Crippen LogP contribution in [0.3, 0.4) is 0 Å². The lowest BCUT2D eigenvalue weighted by molar-refractivity contribution is -0.140. The first kappa shape index (κ1) is 22.9. The maximum absolute atomic E-state index is 14.2. The molecule has 168 valence electrons. The average Bonchev–Trinajstić information content (AvgIpc) is 3.34. The Morgan fingerprint density at radius 2 is 2.10 bits per heavy atom. The van der Waals surface area contributed by atoms with Crippen LogP contribution in [-0.2, 0) is 16.1 Å². The molecule has 1 unspecified atom stereocenters. The minimum atomic E-state index is -1.24. The van der Waals surface area contributed by atoms with Gasteiger partial charge in [-0.25, -0.2) is 14.1 Å². The minimum Gasteiger partial charge on any atom is -0.350 e. The van der Waals surface area contributed by atoms with Gasteiger partial charge < -0.3 is 16.0 Å². The van der Waals surface area contributed by atoms with Gasteiger partial charge in [0.15, 0.2) is 0 Å². The Hall–Kier alpha value is -2.81. The first-order chi connectivity index (χ1) is 14.5. The van der Waals surface area contributed by atoms with E-state index >= 15 is 0 Å². The van der Waals surface area contributed by atoms with E-state index in [1.165, 1.54) is 11.2 Å². The fourth-order valence-corrected chi connectivity index (χ4v) is 3.95. The Morgan fingerprint density at radius 1 is 1.35 bits per heavy atom. The summed E-state index contributed by atoms with van der Waals surface area (Å²) < 4.78 is 15.8. The highest BCUT2D eigenvalue weighted by Crippen LogP contribution is 2.25. The third-order valence-corrected chi connectivity index (χ3v) is 5.34. The van der Waals surface area contributed by atoms with Gasteiger partial charge in [0, 0.05) is 13.0 Å². The van der Waals surface area contributed by atoms with Gasteiger partial charge in [-0.15, -0.1) is 0 Å². The Bertz CT molecular complexity index is 925. The zero-order valence-corrected chi connectivity index (χ0v) is 18.5. The second-order valence-electron chi connectivity index (χ2n) is 9.40. The van der Waals surface area contributed by atoms with Crippen molar-refractivity contribution in [1.82, 2.24) is 25.0 Å². The third kappa shape index (κ3) is 5.66. The number of hydrogen-bond donors (Lipinski definition) is 2. The molecule has 3 atom stereocenters. The molecule has 1 aliphatic heterocycles. The van der Waals surface area contributed by atoms with Crippen LogP contribution in [0.5, 0.6) is 0 Å². The Balaban J connectivity index is 1.71. The van der Waals surface area contributed by atoms with E-state index in [2.05, 4.69) is 15.4 Å². The molecule has 1 aromatic heterocycles. The van der Waals surface area contributed by atoms with Gasteiger partial charge in [0.25, 0.3) is 0 Å². The van der Waals surface area contributed by atoms with Crippen molar-refractivity contribution in [3.63, 3.8) is 0 Å². The largest absolute Gasteiger partial charge is 0.350 e. The van der Waals surface area contributed by atoms with E-state index in [0.29, 0.717) is 6.42 Å². The van der Waals surface area contributed by atoms with E-state index in [0.717, 1.165) is 16.8 Å². The Labute approximate surface area is 182 Å². The number of hydrogen-bond acceptors (Lipinski definition) is 5. The lowest BCUT2D eigenvalue weighted by Gasteiger charge is -2.29. The topological polar surface area (TPSA) is 106 Å². The van der Waals surface area contributed by atoms with Gasteiger partial charge >= 0.3 is 0 Å². The van der Waals surface area contributed by atoms with Gasteiger partial charge in [-0.2, -0.15) is 5.10 Å². The molecule has 8 nitrogen and oxygen atoms in total. The summed E-state index contributed by atoms with van der Waals surface area (Å²) in [7, 11) is 0. The normalized spacial score (nSPS) is 20.0. The average molecular weight is 431 g/mol. The summed E-state index contributed by atoms with van der Waals surface area (Å²) in [5, 5.41) is 7.01. The first-order valence-corrected chi connectivity index (χ1v) is 10.5. The number of likely N-dealkylation sites (tertiary alicyclic amines) is 1. The summed E-state index contributed by atoms with van der Waals surface area (Å²) in [6.45, 7) is 8.03. The Morgan fingerprint density at radius 3 is 2.74 bits per heavy atom. The molecule has 2 heterocycles. The molecule has 1 aromatic carbocycles. The van der Waals surface area contributed by atoms with Crippen LogP contribution in [0, 0.1) is 12.3 Å². The molecular formula is C22H31FN6O2. The van der Waals surface area contributed by atoms with Crippen molar-refractivity contribution >= 4 is 11.8 Å². The van der Waals surface area contributed by atoms with E-state index in [-0.39, 0.29) is 36.7 Å². The fraction of sp³-hybridized carbons (Fsp3) is 0.545. The molecule has 0 bridgehead atoms. The van der Waals surface area contributed by atoms with Gasteiger partial charge in [-0.05, 0) is 30.4 Å². The summed E-state index contributed by atoms with van der Waals surface area (Å²) in [6, 6.07) is 4.17. The van der Waals surface area contributed by atoms with E-state index in [1.807, 2.05) is 45.9 Å². The van der Waals surface area contributed by atoms with Gasteiger partial charge in [-0.1, -0.05) is 38.5 Å². The van der Waals surface area contributed by atoms with Crippen molar-refractivity contribution in [1.29, 1.82) is 0 Å². The van der Waals surface area contributed by atoms with Crippen LogP contribution >= 0.6 is 0 Å². The zero-order chi connectivity index (χ0) is 22.8. The molecule has 0 aliphatic carbocycles. The van der Waals surface area contributed by atoms with Crippen molar-refractivity contribution in [2.75, 3.05) is 6.54 Å². The minimum absolute atomic E-state index is 0.0242. The van der Waals surface area contributed by atoms with Crippen molar-refractivity contribution in [3.05, 3.63) is 42.0 Å². The van der Waals surface area contributed by atoms with Crippen LogP contribution < -0.4 is 11.1 Å². The lowest BCUT2D eigenvalue weighted by atomic mass is 9.88. The molecule has 1 fully saturated rings. The van der Waals surface area contributed by atoms with E-state index in [4.69, 9.17) is 5.73 Å². The number of carbonyl (C=O) groups is 2. The predicted molar refractivity (Wildman–Crippen MR) is 115 cm³/mol. The number of aromatic nitrogens is 3. The predicted octanol–water partition coefficient (Wildman–Crippen LogP) is 1.89. The van der Waals surface area contributed by atoms with Gasteiger partial charge in [-0.3, -0.25) is 9.59 Å². The highest BCUT2D eigenvalue weighted by atomic mass is 19.1. The van der Waals surface area contributed by atoms with Gasteiger partial charge in [0.2, 0.25) is 11.8 Å². The van der Waals surface area contributed by atoms with Crippen LogP contribution in [-0.4, -0.2) is 56.3 Å². The summed E-state index contributed by atoms with van der Waals surface area (Å²) in [6.07, 6.45) is 2.21. The summed E-state index contributed by atoms with van der Waals surface area (Å²) in [4.78, 5) is 31.0. The van der Waals surface area contributed by atoms with Crippen molar-refractivity contribution in [2.45, 2.75) is 65.3 Å². The number of nitrogens with two attached hydrogens (primary N) is 1. The van der Waals surface area contributed by atoms with Crippen LogP contribution in [0.4, 0.5) is 4.39 Å². The number of halogens is 1. The van der Waals surface area contributed by atoms with E-state index < -0.39 is 18.3 Å². The molecule has 3 N–H and O–H groups in total. The molecule has 0 radical (unpaired) electrons. The zero-order valence-electron chi connectivity index (χ0n) is 18.5. The number of alkyl halides is 1. The quantitative estimate of drug-likeness (QED) is 0.728. The number of nitrogens with one attached hydrogen (secondary N) is 1. The van der Waals surface area contributed by atoms with Crippen molar-refractivity contribution in [3.8, 4) is 5.69 Å². The number of aryl methyl sites for hydroxylation is 1. The summed E-state index contributed by atoms with van der Waals surface area (Å²) in [5.74, 6) is -0.767. The van der Waals surface area contributed by atoms with Crippen LogP contribution in [0.25, 0.3) is 5.69 Å². The van der Waals surface area contributed by atoms with E-state index in [1.54, 1.807) is 11.0 Å². The molecule has 0 saturated carbocycles. The van der Waals surface area contributed by atoms with Crippen LogP contribution in [0.1, 0.15) is 44.7 Å². The van der Waals surface area contributed by atoms with Gasteiger partial charge in [0.1, 0.15) is 24.9 Å². The maximum Gasteiger partial charge on any atom is 0.243 e. The number of benzene rings is 1. The molecule has 2 aromatic rings. The van der Waals surface area contributed by atoms with Crippen molar-refractivity contribution < 1.29 is 14.0 Å². The molecule has 1 aliphatic rings. The maximum atomic E-state index is 14.2. The second-order valence-corrected chi connectivity index (χ2v) is 9.40. The third-order valence-electron chi connectivity index (χ3n) is 5.34. The molecule has 31 heavy (non-hydrogen) atoms. The molecule has 0 spiro atoms. The molecule has 2 amide bonds. The molecule has 9 heteroatoms. The first-order valence-electron chi connectivity index (χ1n) is 10.5. The second kappa shape index (κ2) is 9.13. The number of rotatable bonds is 6. The number of carbonyl (C=O) groups excluding carboxylic acids is 2. The highest BCUT2D eigenvalue weighted by molar-refractivity contribution is 5.90. The smallest absolute Gasteiger partial charge is 0.243 e. The summed E-state index contributed by atoms with van der Waals surface area (Å²) in [5.41, 5.74) is 8.60. The van der Waals surface area contributed by atoms with Gasteiger partial charge in [0.05, 0.1) is 18.3 Å². The number of nitrogens with zero attached hydrogens (tertiary/aromatic N) is 4. The standard InChI is InChI=1S/C22H31FN6O2/c1-14-5-6-18(29-13-25-12-27-29)15(7-14)10-26-20(30)19-8-16(23)11-28(19)21(31)17(24)9-22(2,3)4/h5-7,12-13,16-17,19H,8-11,24H2,1-4H3,(H,26,30)/t16-,17-,19?/m1/s1. The summed E-state index contributed by atoms with van der Waals surface area (Å²) >= 11 is 0. The fourth-order valence-electron chi connectivity index (χ4n) is 3.95. The molecule has 1 saturated heterocycles. The Kier molecular flexibility index (Phi) is 6.74. The number of amides is 2. The molecular weight excluding hydrogens is 399 g/mol. The van der Waals surface area contributed by atoms with E-state index in [9.17, 15) is 14.0 Å². The monoisotopic (exact) mass is 430 g/mol.